The van der Waals surface area contributed by atoms with Crippen molar-refractivity contribution in [3.05, 3.63) is 47.5 Å². The van der Waals surface area contributed by atoms with Gasteiger partial charge in [0.15, 0.2) is 5.82 Å². The van der Waals surface area contributed by atoms with Gasteiger partial charge < -0.3 is 10.6 Å². The molecule has 2 aromatic rings. The Kier molecular flexibility index (Phi) is 5.89. The minimum atomic E-state index is -0.0877. The maximum absolute atomic E-state index is 12.0. The number of aryl methyl sites for hydroxylation is 1. The number of hydrogen-bond donors (Lipinski definition) is 2. The lowest BCUT2D eigenvalue weighted by molar-refractivity contribution is -0.115. The SMILES string of the molecule is CCCCNc1ccc(NC(=O)Cc2ccccc2C)nn1. The van der Waals surface area contributed by atoms with Crippen LogP contribution in [0.3, 0.4) is 0 Å². The van der Waals surface area contributed by atoms with E-state index >= 15 is 0 Å². The summed E-state index contributed by atoms with van der Waals surface area (Å²) in [5.41, 5.74) is 2.13. The monoisotopic (exact) mass is 298 g/mol. The Morgan fingerprint density at radius 3 is 2.50 bits per heavy atom. The van der Waals surface area contributed by atoms with Crippen molar-refractivity contribution in [2.24, 2.45) is 0 Å². The molecule has 1 aromatic heterocycles. The first-order valence-corrected chi connectivity index (χ1v) is 7.61. The van der Waals surface area contributed by atoms with Gasteiger partial charge in [-0.1, -0.05) is 37.6 Å². The van der Waals surface area contributed by atoms with Crippen LogP contribution in [0.4, 0.5) is 11.6 Å². The molecule has 0 saturated carbocycles. The number of unbranched alkanes of at least 4 members (excludes halogenated alkanes) is 1. The molecule has 0 aliphatic carbocycles. The fourth-order valence-corrected chi connectivity index (χ4v) is 2.05. The Labute approximate surface area is 131 Å². The Morgan fingerprint density at radius 2 is 1.82 bits per heavy atom. The number of benzene rings is 1. The van der Waals surface area contributed by atoms with E-state index in [9.17, 15) is 4.79 Å². The first kappa shape index (κ1) is 15.9. The molecule has 0 aliphatic rings. The molecule has 0 bridgehead atoms. The van der Waals surface area contributed by atoms with Gasteiger partial charge in [0.2, 0.25) is 5.91 Å². The second-order valence-electron chi connectivity index (χ2n) is 5.24. The number of nitrogens with one attached hydrogen (secondary N) is 2. The molecule has 0 radical (unpaired) electrons. The van der Waals surface area contributed by atoms with Crippen molar-refractivity contribution >= 4 is 17.5 Å². The molecule has 116 valence electrons. The Hall–Kier alpha value is -2.43. The van der Waals surface area contributed by atoms with E-state index in [2.05, 4.69) is 27.8 Å². The summed E-state index contributed by atoms with van der Waals surface area (Å²) in [6.45, 7) is 5.02. The van der Waals surface area contributed by atoms with Crippen LogP contribution in [0.25, 0.3) is 0 Å². The van der Waals surface area contributed by atoms with E-state index in [1.165, 1.54) is 0 Å². The molecule has 5 heteroatoms. The van der Waals surface area contributed by atoms with E-state index in [1.807, 2.05) is 37.3 Å². The molecule has 0 atom stereocenters. The van der Waals surface area contributed by atoms with Gasteiger partial charge in [0.05, 0.1) is 6.42 Å². The van der Waals surface area contributed by atoms with E-state index < -0.39 is 0 Å². The predicted molar refractivity (Wildman–Crippen MR) is 88.9 cm³/mol. The van der Waals surface area contributed by atoms with Crippen molar-refractivity contribution < 1.29 is 4.79 Å². The van der Waals surface area contributed by atoms with Crippen LogP contribution < -0.4 is 10.6 Å². The fraction of sp³-hybridized carbons (Fsp3) is 0.353. The van der Waals surface area contributed by atoms with Crippen LogP contribution in [-0.2, 0) is 11.2 Å². The van der Waals surface area contributed by atoms with Crippen LogP contribution in [0.5, 0.6) is 0 Å². The second kappa shape index (κ2) is 8.12. The average Bonchev–Trinajstić information content (AvgIpc) is 2.51. The topological polar surface area (TPSA) is 66.9 Å². The number of amides is 1. The fourth-order valence-electron chi connectivity index (χ4n) is 2.05. The molecule has 1 heterocycles. The van der Waals surface area contributed by atoms with Crippen molar-refractivity contribution in [3.63, 3.8) is 0 Å². The van der Waals surface area contributed by atoms with Gasteiger partial charge in [-0.2, -0.15) is 0 Å². The maximum atomic E-state index is 12.0. The lowest BCUT2D eigenvalue weighted by atomic mass is 10.1. The van der Waals surface area contributed by atoms with Crippen LogP contribution in [0.15, 0.2) is 36.4 Å². The van der Waals surface area contributed by atoms with Crippen LogP contribution in [0.2, 0.25) is 0 Å². The Balaban J connectivity index is 1.88. The third-order valence-electron chi connectivity index (χ3n) is 3.38. The van der Waals surface area contributed by atoms with Gasteiger partial charge in [-0.15, -0.1) is 10.2 Å². The lowest BCUT2D eigenvalue weighted by Crippen LogP contribution is -2.16. The number of anilines is 2. The van der Waals surface area contributed by atoms with Gasteiger partial charge in [0.25, 0.3) is 0 Å². The summed E-state index contributed by atoms with van der Waals surface area (Å²) in [6.07, 6.45) is 2.56. The standard InChI is InChI=1S/C17H22N4O/c1-3-4-11-18-15-9-10-16(21-20-15)19-17(22)12-14-8-6-5-7-13(14)2/h5-10H,3-4,11-12H2,1-2H3,(H,18,20)(H,19,21,22). The molecule has 1 aromatic carbocycles. The highest BCUT2D eigenvalue weighted by Crippen LogP contribution is 2.10. The molecule has 0 spiro atoms. The number of hydrogen-bond acceptors (Lipinski definition) is 4. The van der Waals surface area contributed by atoms with Crippen molar-refractivity contribution in [3.8, 4) is 0 Å². The van der Waals surface area contributed by atoms with E-state index in [-0.39, 0.29) is 5.91 Å². The van der Waals surface area contributed by atoms with Gasteiger partial charge in [0.1, 0.15) is 5.82 Å². The van der Waals surface area contributed by atoms with Crippen molar-refractivity contribution in [2.75, 3.05) is 17.2 Å². The number of rotatable bonds is 7. The summed E-state index contributed by atoms with van der Waals surface area (Å²) in [5, 5.41) is 14.0. The van der Waals surface area contributed by atoms with Crippen molar-refractivity contribution in [1.82, 2.24) is 10.2 Å². The summed E-state index contributed by atoms with van der Waals surface area (Å²) in [4.78, 5) is 12.0. The van der Waals surface area contributed by atoms with Crippen molar-refractivity contribution in [2.45, 2.75) is 33.1 Å². The van der Waals surface area contributed by atoms with Crippen LogP contribution in [0.1, 0.15) is 30.9 Å². The van der Waals surface area contributed by atoms with Crippen molar-refractivity contribution in [1.29, 1.82) is 0 Å². The van der Waals surface area contributed by atoms with E-state index in [1.54, 1.807) is 6.07 Å². The van der Waals surface area contributed by atoms with E-state index in [4.69, 9.17) is 0 Å². The number of carbonyl (C=O) groups excluding carboxylic acids is 1. The molecule has 1 amide bonds. The molecule has 0 aliphatic heterocycles. The predicted octanol–water partition coefficient (Wildman–Crippen LogP) is 3.18. The zero-order chi connectivity index (χ0) is 15.8. The zero-order valence-electron chi connectivity index (χ0n) is 13.1. The largest absolute Gasteiger partial charge is 0.369 e. The van der Waals surface area contributed by atoms with Gasteiger partial charge in [-0.05, 0) is 36.6 Å². The maximum Gasteiger partial charge on any atom is 0.230 e. The van der Waals surface area contributed by atoms with E-state index in [0.717, 1.165) is 36.3 Å². The smallest absolute Gasteiger partial charge is 0.230 e. The molecular weight excluding hydrogens is 276 g/mol. The second-order valence-corrected chi connectivity index (χ2v) is 5.24. The highest BCUT2D eigenvalue weighted by Gasteiger charge is 2.07. The van der Waals surface area contributed by atoms with Crippen LogP contribution in [0, 0.1) is 6.92 Å². The number of nitrogens with zero attached hydrogens (tertiary/aromatic N) is 2. The third kappa shape index (κ3) is 4.84. The molecule has 0 unspecified atom stereocenters. The molecular formula is C17H22N4O. The highest BCUT2D eigenvalue weighted by molar-refractivity contribution is 5.91. The zero-order valence-corrected chi connectivity index (χ0v) is 13.1. The van der Waals surface area contributed by atoms with Gasteiger partial charge in [-0.25, -0.2) is 0 Å². The number of carbonyl (C=O) groups is 1. The highest BCUT2D eigenvalue weighted by atomic mass is 16.1. The van der Waals surface area contributed by atoms with Crippen LogP contribution >= 0.6 is 0 Å². The summed E-state index contributed by atoms with van der Waals surface area (Å²) < 4.78 is 0. The first-order chi connectivity index (χ1) is 10.7. The summed E-state index contributed by atoms with van der Waals surface area (Å²) in [5.74, 6) is 1.11. The molecule has 2 N–H and O–H groups in total. The molecule has 2 rings (SSSR count). The van der Waals surface area contributed by atoms with Gasteiger partial charge in [-0.3, -0.25) is 4.79 Å². The molecule has 5 nitrogen and oxygen atoms in total. The van der Waals surface area contributed by atoms with Crippen LogP contribution in [-0.4, -0.2) is 22.6 Å². The average molecular weight is 298 g/mol. The minimum absolute atomic E-state index is 0.0877. The Bertz CT molecular complexity index is 610. The minimum Gasteiger partial charge on any atom is -0.369 e. The molecule has 22 heavy (non-hydrogen) atoms. The van der Waals surface area contributed by atoms with Gasteiger partial charge >= 0.3 is 0 Å². The normalized spacial score (nSPS) is 10.3. The molecule has 0 fully saturated rings. The quantitative estimate of drug-likeness (QED) is 0.770. The summed E-state index contributed by atoms with van der Waals surface area (Å²) in [6, 6.07) is 11.4. The lowest BCUT2D eigenvalue weighted by Gasteiger charge is -2.07. The number of aromatic nitrogens is 2. The molecule has 0 saturated heterocycles. The van der Waals surface area contributed by atoms with E-state index in [0.29, 0.717) is 12.2 Å². The summed E-state index contributed by atoms with van der Waals surface area (Å²) >= 11 is 0. The summed E-state index contributed by atoms with van der Waals surface area (Å²) in [7, 11) is 0. The van der Waals surface area contributed by atoms with Gasteiger partial charge in [0, 0.05) is 6.54 Å². The Morgan fingerprint density at radius 1 is 1.09 bits per heavy atom. The first-order valence-electron chi connectivity index (χ1n) is 7.61. The third-order valence-corrected chi connectivity index (χ3v) is 3.38.